The number of aromatic nitrogens is 2. The van der Waals surface area contributed by atoms with E-state index in [0.717, 1.165) is 12.8 Å². The van der Waals surface area contributed by atoms with Gasteiger partial charge in [0.25, 0.3) is 5.91 Å². The van der Waals surface area contributed by atoms with Gasteiger partial charge in [-0.1, -0.05) is 0 Å². The van der Waals surface area contributed by atoms with Crippen molar-refractivity contribution in [3.63, 3.8) is 0 Å². The van der Waals surface area contributed by atoms with Gasteiger partial charge < -0.3 is 14.1 Å². The molecule has 3 aromatic rings. The van der Waals surface area contributed by atoms with Crippen LogP contribution in [0.2, 0.25) is 0 Å². The van der Waals surface area contributed by atoms with E-state index in [4.69, 9.17) is 9.15 Å². The van der Waals surface area contributed by atoms with Gasteiger partial charge in [0.15, 0.2) is 6.61 Å². The van der Waals surface area contributed by atoms with E-state index in [1.54, 1.807) is 17.0 Å². The summed E-state index contributed by atoms with van der Waals surface area (Å²) < 4.78 is 37.2. The molecule has 0 radical (unpaired) electrons. The van der Waals surface area contributed by atoms with Crippen LogP contribution in [0.15, 0.2) is 52.9 Å². The highest BCUT2D eigenvalue weighted by molar-refractivity contribution is 5.78. The van der Waals surface area contributed by atoms with E-state index < -0.39 is 0 Å². The van der Waals surface area contributed by atoms with Crippen molar-refractivity contribution in [2.45, 2.75) is 18.8 Å². The van der Waals surface area contributed by atoms with Crippen LogP contribution in [0, 0.1) is 11.6 Å². The summed E-state index contributed by atoms with van der Waals surface area (Å²) in [5, 5.41) is 8.17. The molecule has 2 heterocycles. The Labute approximate surface area is 166 Å². The number of benzene rings is 2. The monoisotopic (exact) mass is 399 g/mol. The molecule has 1 atom stereocenters. The largest absolute Gasteiger partial charge is 0.484 e. The maximum atomic E-state index is 13.1. The van der Waals surface area contributed by atoms with Crippen LogP contribution < -0.4 is 4.74 Å². The minimum atomic E-state index is -0.359. The van der Waals surface area contributed by atoms with Crippen LogP contribution in [0.25, 0.3) is 11.5 Å². The number of hydrogen-bond acceptors (Lipinski definition) is 5. The lowest BCUT2D eigenvalue weighted by atomic mass is 9.98. The molecule has 29 heavy (non-hydrogen) atoms. The molecule has 6 nitrogen and oxygen atoms in total. The zero-order chi connectivity index (χ0) is 20.2. The van der Waals surface area contributed by atoms with Crippen LogP contribution >= 0.6 is 0 Å². The topological polar surface area (TPSA) is 68.5 Å². The molecule has 1 amide bonds. The lowest BCUT2D eigenvalue weighted by Gasteiger charge is -2.31. The predicted octanol–water partition coefficient (Wildman–Crippen LogP) is 3.80. The number of ether oxygens (including phenoxy) is 1. The van der Waals surface area contributed by atoms with E-state index in [1.165, 1.54) is 36.4 Å². The van der Waals surface area contributed by atoms with Gasteiger partial charge in [-0.15, -0.1) is 10.2 Å². The van der Waals surface area contributed by atoms with Crippen molar-refractivity contribution in [1.82, 2.24) is 15.1 Å². The summed E-state index contributed by atoms with van der Waals surface area (Å²) in [7, 11) is 0. The van der Waals surface area contributed by atoms with E-state index in [9.17, 15) is 13.6 Å². The molecule has 4 rings (SSSR count). The van der Waals surface area contributed by atoms with Crippen LogP contribution in [-0.4, -0.2) is 40.7 Å². The van der Waals surface area contributed by atoms with E-state index in [1.807, 2.05) is 0 Å². The van der Waals surface area contributed by atoms with Gasteiger partial charge in [0.05, 0.1) is 5.92 Å². The first-order chi connectivity index (χ1) is 14.1. The first-order valence-electron chi connectivity index (χ1n) is 9.34. The lowest BCUT2D eigenvalue weighted by Crippen LogP contribution is -2.41. The third kappa shape index (κ3) is 4.59. The van der Waals surface area contributed by atoms with Crippen molar-refractivity contribution < 1.29 is 22.7 Å². The molecule has 150 valence electrons. The second-order valence-electron chi connectivity index (χ2n) is 6.87. The fourth-order valence-corrected chi connectivity index (χ4v) is 3.28. The van der Waals surface area contributed by atoms with Crippen LogP contribution in [0.3, 0.4) is 0 Å². The summed E-state index contributed by atoms with van der Waals surface area (Å²) in [6, 6.07) is 11.4. The molecule has 1 fully saturated rings. The standard InChI is InChI=1S/C21H19F2N3O3/c22-16-5-3-14(4-6-16)20-24-25-21(29-20)15-2-1-11-26(12-15)19(27)13-28-18-9-7-17(23)8-10-18/h3-10,15H,1-2,11-13H2. The van der Waals surface area contributed by atoms with Crippen molar-refractivity contribution in [2.24, 2.45) is 0 Å². The Morgan fingerprint density at radius 1 is 1.07 bits per heavy atom. The molecular formula is C21H19F2N3O3. The minimum absolute atomic E-state index is 0.0692. The summed E-state index contributed by atoms with van der Waals surface area (Å²) >= 11 is 0. The Morgan fingerprint density at radius 3 is 2.48 bits per heavy atom. The molecule has 2 aromatic carbocycles. The van der Waals surface area contributed by atoms with Gasteiger partial charge in [0.1, 0.15) is 17.4 Å². The zero-order valence-corrected chi connectivity index (χ0v) is 15.6. The first-order valence-corrected chi connectivity index (χ1v) is 9.34. The van der Waals surface area contributed by atoms with Gasteiger partial charge in [-0.2, -0.15) is 0 Å². The number of likely N-dealkylation sites (tertiary alicyclic amines) is 1. The second kappa shape index (κ2) is 8.38. The molecule has 1 saturated heterocycles. The third-order valence-electron chi connectivity index (χ3n) is 4.83. The number of piperidine rings is 1. The van der Waals surface area contributed by atoms with E-state index in [2.05, 4.69) is 10.2 Å². The van der Waals surface area contributed by atoms with E-state index in [-0.39, 0.29) is 30.1 Å². The molecule has 8 heteroatoms. The van der Waals surface area contributed by atoms with Crippen molar-refractivity contribution in [3.05, 3.63) is 66.1 Å². The Morgan fingerprint density at radius 2 is 1.76 bits per heavy atom. The third-order valence-corrected chi connectivity index (χ3v) is 4.83. The number of hydrogen-bond donors (Lipinski definition) is 0. The highest BCUT2D eigenvalue weighted by Crippen LogP contribution is 2.28. The van der Waals surface area contributed by atoms with Gasteiger partial charge in [-0.3, -0.25) is 4.79 Å². The lowest BCUT2D eigenvalue weighted by molar-refractivity contribution is -0.134. The van der Waals surface area contributed by atoms with Crippen molar-refractivity contribution in [3.8, 4) is 17.2 Å². The van der Waals surface area contributed by atoms with Gasteiger partial charge in [-0.05, 0) is 61.4 Å². The average molecular weight is 399 g/mol. The Balaban J connectivity index is 1.37. The summed E-state index contributed by atoms with van der Waals surface area (Å²) in [5.74, 6) is 0.302. The van der Waals surface area contributed by atoms with Crippen LogP contribution in [-0.2, 0) is 4.79 Å². The molecule has 1 aliphatic rings. The first kappa shape index (κ1) is 19.0. The summed E-state index contributed by atoms with van der Waals surface area (Å²) in [6.45, 7) is 0.959. The number of carbonyl (C=O) groups is 1. The maximum absolute atomic E-state index is 13.1. The number of rotatable bonds is 5. The number of halogens is 2. The van der Waals surface area contributed by atoms with Gasteiger partial charge in [-0.25, -0.2) is 8.78 Å². The fraction of sp³-hybridized carbons (Fsp3) is 0.286. The van der Waals surface area contributed by atoms with Gasteiger partial charge >= 0.3 is 0 Å². The highest BCUT2D eigenvalue weighted by atomic mass is 19.1. The number of carbonyl (C=O) groups excluding carboxylic acids is 1. The molecule has 0 spiro atoms. The molecule has 1 aliphatic heterocycles. The van der Waals surface area contributed by atoms with Crippen molar-refractivity contribution in [2.75, 3.05) is 19.7 Å². The summed E-state index contributed by atoms with van der Waals surface area (Å²) in [5.41, 5.74) is 0.640. The predicted molar refractivity (Wildman–Crippen MR) is 100 cm³/mol. The summed E-state index contributed by atoms with van der Waals surface area (Å²) in [4.78, 5) is 14.2. The SMILES string of the molecule is O=C(COc1ccc(F)cc1)N1CCCC(c2nnc(-c3ccc(F)cc3)o2)C1. The highest BCUT2D eigenvalue weighted by Gasteiger charge is 2.28. The maximum Gasteiger partial charge on any atom is 0.260 e. The number of nitrogens with zero attached hydrogens (tertiary/aromatic N) is 3. The Kier molecular flexibility index (Phi) is 5.50. The van der Waals surface area contributed by atoms with Crippen LogP contribution in [0.4, 0.5) is 8.78 Å². The molecule has 0 saturated carbocycles. The van der Waals surface area contributed by atoms with Gasteiger partial charge in [0.2, 0.25) is 11.8 Å². The molecule has 1 unspecified atom stereocenters. The Bertz CT molecular complexity index is 974. The number of amides is 1. The van der Waals surface area contributed by atoms with Crippen LogP contribution in [0.1, 0.15) is 24.7 Å². The molecule has 0 N–H and O–H groups in total. The van der Waals surface area contributed by atoms with Gasteiger partial charge in [0, 0.05) is 18.7 Å². The normalized spacial score (nSPS) is 16.6. The molecule has 0 bridgehead atoms. The molecule has 1 aromatic heterocycles. The minimum Gasteiger partial charge on any atom is -0.484 e. The second-order valence-corrected chi connectivity index (χ2v) is 6.87. The Hall–Kier alpha value is -3.29. The fourth-order valence-electron chi connectivity index (χ4n) is 3.28. The quantitative estimate of drug-likeness (QED) is 0.653. The van der Waals surface area contributed by atoms with Crippen molar-refractivity contribution >= 4 is 5.91 Å². The van der Waals surface area contributed by atoms with E-state index in [0.29, 0.717) is 36.2 Å². The average Bonchev–Trinajstić information content (AvgIpc) is 3.24. The smallest absolute Gasteiger partial charge is 0.260 e. The van der Waals surface area contributed by atoms with Crippen LogP contribution in [0.5, 0.6) is 5.75 Å². The van der Waals surface area contributed by atoms with E-state index >= 15 is 0 Å². The summed E-state index contributed by atoms with van der Waals surface area (Å²) in [6.07, 6.45) is 1.63. The molecular weight excluding hydrogens is 380 g/mol. The van der Waals surface area contributed by atoms with Crippen molar-refractivity contribution in [1.29, 1.82) is 0 Å². The zero-order valence-electron chi connectivity index (χ0n) is 15.6. The molecule has 0 aliphatic carbocycles.